The van der Waals surface area contributed by atoms with Crippen molar-refractivity contribution in [3.63, 3.8) is 0 Å². The Hall–Kier alpha value is -0.670. The monoisotopic (exact) mass is 293 g/mol. The van der Waals surface area contributed by atoms with E-state index in [1.54, 1.807) is 0 Å². The van der Waals surface area contributed by atoms with E-state index < -0.39 is 7.59 Å². The summed E-state index contributed by atoms with van der Waals surface area (Å²) in [5, 5.41) is 3.35. The summed E-state index contributed by atoms with van der Waals surface area (Å²) >= 11 is 0. The zero-order chi connectivity index (χ0) is 14.6. The van der Waals surface area contributed by atoms with E-state index in [1.165, 1.54) is 5.56 Å². The Morgan fingerprint density at radius 3 is 1.90 bits per heavy atom. The van der Waals surface area contributed by atoms with Crippen molar-refractivity contribution in [2.75, 3.05) is 13.1 Å². The van der Waals surface area contributed by atoms with Crippen molar-refractivity contribution in [2.24, 2.45) is 0 Å². The molecule has 2 atom stereocenters. The van der Waals surface area contributed by atoms with Gasteiger partial charge in [0.05, 0.1) is 0 Å². The number of hydrogen-bond acceptors (Lipinski definition) is 1. The average molecular weight is 293 g/mol. The van der Waals surface area contributed by atoms with Crippen LogP contribution in [0.1, 0.15) is 33.3 Å². The second-order valence-electron chi connectivity index (χ2n) is 7.10. The van der Waals surface area contributed by atoms with Crippen LogP contribution < -0.4 is 5.09 Å². The molecule has 20 heavy (non-hydrogen) atoms. The Balaban J connectivity index is 1.76. The lowest BCUT2D eigenvalue weighted by Crippen LogP contribution is -2.26. The van der Waals surface area contributed by atoms with Crippen molar-refractivity contribution in [1.82, 2.24) is 14.4 Å². The molecule has 110 valence electrons. The van der Waals surface area contributed by atoms with Crippen LogP contribution in [0.25, 0.3) is 0 Å². The molecule has 1 aromatic carbocycles. The van der Waals surface area contributed by atoms with Gasteiger partial charge in [-0.25, -0.2) is 14.4 Å². The van der Waals surface area contributed by atoms with Gasteiger partial charge in [-0.05, 0) is 33.3 Å². The summed E-state index contributed by atoms with van der Waals surface area (Å²) in [4.78, 5) is 0. The standard InChI is InChI=1S/C15H24N3OP/c1-14(2)11-17(14)20(19,18-12-15(18,3)4)16-10-13-8-6-5-7-9-13/h5-9H,10-12H2,1-4H3,(H,16,19). The summed E-state index contributed by atoms with van der Waals surface area (Å²) in [6, 6.07) is 10.2. The van der Waals surface area contributed by atoms with Crippen LogP contribution in [0, 0.1) is 0 Å². The minimum absolute atomic E-state index is 0.0535. The second kappa shape index (κ2) is 4.41. The summed E-state index contributed by atoms with van der Waals surface area (Å²) in [6.45, 7) is 11.1. The molecule has 0 amide bonds. The third-order valence-corrected chi connectivity index (χ3v) is 7.50. The normalized spacial score (nSPS) is 32.4. The maximum atomic E-state index is 13.5. The number of nitrogens with zero attached hydrogens (tertiary/aromatic N) is 2. The molecule has 0 saturated carbocycles. The molecule has 2 heterocycles. The molecule has 5 heteroatoms. The van der Waals surface area contributed by atoms with Crippen molar-refractivity contribution in [3.05, 3.63) is 35.9 Å². The first-order chi connectivity index (χ1) is 9.26. The number of hydrogen-bond donors (Lipinski definition) is 1. The second-order valence-corrected chi connectivity index (χ2v) is 9.47. The Bertz CT molecular complexity index is 529. The van der Waals surface area contributed by atoms with Gasteiger partial charge in [0.15, 0.2) is 0 Å². The largest absolute Gasteiger partial charge is 0.285 e. The van der Waals surface area contributed by atoms with Gasteiger partial charge in [-0.1, -0.05) is 30.3 Å². The first-order valence-electron chi connectivity index (χ1n) is 7.21. The molecule has 0 bridgehead atoms. The molecule has 0 aromatic heterocycles. The maximum Gasteiger partial charge on any atom is 0.285 e. The summed E-state index contributed by atoms with van der Waals surface area (Å²) < 4.78 is 17.7. The van der Waals surface area contributed by atoms with E-state index >= 15 is 0 Å². The van der Waals surface area contributed by atoms with E-state index in [0.29, 0.717) is 6.54 Å². The highest BCUT2D eigenvalue weighted by atomic mass is 31.2. The SMILES string of the molecule is CC1(C)CN1P(=O)(NCc1ccccc1)N1CC1(C)C. The highest BCUT2D eigenvalue weighted by molar-refractivity contribution is 7.57. The summed E-state index contributed by atoms with van der Waals surface area (Å²) in [5.74, 6) is 0. The molecule has 0 aliphatic carbocycles. The molecular formula is C15H24N3OP. The number of nitrogens with one attached hydrogen (secondary N) is 1. The van der Waals surface area contributed by atoms with Crippen LogP contribution in [0.2, 0.25) is 0 Å². The minimum atomic E-state index is -2.63. The molecule has 1 N–H and O–H groups in total. The van der Waals surface area contributed by atoms with E-state index in [0.717, 1.165) is 13.1 Å². The smallest absolute Gasteiger partial charge is 0.270 e. The molecule has 2 fully saturated rings. The van der Waals surface area contributed by atoms with Gasteiger partial charge >= 0.3 is 0 Å². The highest BCUT2D eigenvalue weighted by Crippen LogP contribution is 2.67. The van der Waals surface area contributed by atoms with Gasteiger partial charge in [0, 0.05) is 30.7 Å². The Labute approximate surface area is 121 Å². The van der Waals surface area contributed by atoms with E-state index in [-0.39, 0.29) is 11.1 Å². The fraction of sp³-hybridized carbons (Fsp3) is 0.600. The molecule has 0 radical (unpaired) electrons. The molecule has 3 rings (SSSR count). The van der Waals surface area contributed by atoms with Crippen LogP contribution in [-0.2, 0) is 11.1 Å². The predicted molar refractivity (Wildman–Crippen MR) is 82.5 cm³/mol. The molecular weight excluding hydrogens is 269 g/mol. The third kappa shape index (κ3) is 2.46. The Morgan fingerprint density at radius 1 is 1.05 bits per heavy atom. The summed E-state index contributed by atoms with van der Waals surface area (Å²) in [5.41, 5.74) is 1.28. The van der Waals surface area contributed by atoms with E-state index in [4.69, 9.17) is 0 Å². The zero-order valence-electron chi connectivity index (χ0n) is 12.8. The molecule has 1 aromatic rings. The lowest BCUT2D eigenvalue weighted by molar-refractivity contribution is 0.455. The quantitative estimate of drug-likeness (QED) is 0.668. The minimum Gasteiger partial charge on any atom is -0.270 e. The average Bonchev–Trinajstić information content (AvgIpc) is 3.24. The van der Waals surface area contributed by atoms with Gasteiger partial charge in [0.25, 0.3) is 7.59 Å². The summed E-state index contributed by atoms with van der Waals surface area (Å²) in [6.07, 6.45) is 0. The lowest BCUT2D eigenvalue weighted by atomic mass is 10.2. The van der Waals surface area contributed by atoms with Crippen LogP contribution in [0.15, 0.2) is 30.3 Å². The van der Waals surface area contributed by atoms with Crippen LogP contribution in [0.5, 0.6) is 0 Å². The molecule has 2 aliphatic rings. The molecule has 0 spiro atoms. The fourth-order valence-corrected chi connectivity index (χ4v) is 6.21. The van der Waals surface area contributed by atoms with E-state index in [1.807, 2.05) is 18.2 Å². The van der Waals surface area contributed by atoms with Crippen LogP contribution in [0.4, 0.5) is 0 Å². The van der Waals surface area contributed by atoms with Gasteiger partial charge in [0.2, 0.25) is 0 Å². The van der Waals surface area contributed by atoms with Crippen molar-refractivity contribution in [2.45, 2.75) is 45.3 Å². The van der Waals surface area contributed by atoms with Gasteiger partial charge in [-0.2, -0.15) is 0 Å². The lowest BCUT2D eigenvalue weighted by Gasteiger charge is -2.26. The van der Waals surface area contributed by atoms with Gasteiger partial charge in [-0.3, -0.25) is 4.57 Å². The van der Waals surface area contributed by atoms with Crippen molar-refractivity contribution < 1.29 is 4.57 Å². The predicted octanol–water partition coefficient (Wildman–Crippen LogP) is 3.07. The van der Waals surface area contributed by atoms with Crippen LogP contribution >= 0.6 is 7.59 Å². The molecule has 2 unspecified atom stereocenters. The summed E-state index contributed by atoms with van der Waals surface area (Å²) in [7, 11) is -2.63. The van der Waals surface area contributed by atoms with Gasteiger partial charge < -0.3 is 0 Å². The van der Waals surface area contributed by atoms with Crippen molar-refractivity contribution in [1.29, 1.82) is 0 Å². The first-order valence-corrected chi connectivity index (χ1v) is 8.82. The number of rotatable bonds is 5. The first kappa shape index (κ1) is 14.3. The Morgan fingerprint density at radius 2 is 1.50 bits per heavy atom. The van der Waals surface area contributed by atoms with Crippen LogP contribution in [-0.4, -0.2) is 33.5 Å². The van der Waals surface area contributed by atoms with Gasteiger partial charge in [0.1, 0.15) is 0 Å². The Kier molecular flexibility index (Phi) is 3.15. The molecule has 2 saturated heterocycles. The fourth-order valence-electron chi connectivity index (χ4n) is 2.68. The van der Waals surface area contributed by atoms with E-state index in [2.05, 4.69) is 54.3 Å². The highest BCUT2D eigenvalue weighted by Gasteiger charge is 2.63. The molecule has 4 nitrogen and oxygen atoms in total. The molecule has 2 aliphatic heterocycles. The van der Waals surface area contributed by atoms with Crippen molar-refractivity contribution in [3.8, 4) is 0 Å². The topological polar surface area (TPSA) is 35.1 Å². The zero-order valence-corrected chi connectivity index (χ0v) is 13.7. The van der Waals surface area contributed by atoms with Gasteiger partial charge in [-0.15, -0.1) is 0 Å². The third-order valence-electron chi connectivity index (χ3n) is 4.25. The maximum absolute atomic E-state index is 13.5. The van der Waals surface area contributed by atoms with E-state index in [9.17, 15) is 4.57 Å². The number of benzene rings is 1. The van der Waals surface area contributed by atoms with Crippen LogP contribution in [0.3, 0.4) is 0 Å². The van der Waals surface area contributed by atoms with Crippen molar-refractivity contribution >= 4 is 7.59 Å².